The van der Waals surface area contributed by atoms with Gasteiger partial charge in [0.15, 0.2) is 11.5 Å². The largest absolute Gasteiger partial charge is 0.475 e. The maximum absolute atomic E-state index is 13.3. The lowest BCUT2D eigenvalue weighted by atomic mass is 10.1. The average Bonchev–Trinajstić information content (AvgIpc) is 3.61. The molecule has 0 spiro atoms. The SMILES string of the molecule is Cc1cc(C(NC(=O)c2cnc(N3CC(F)(F)C3)c(OCC3CC3)n2)C2CC2)n[nH]1. The van der Waals surface area contributed by atoms with Crippen molar-refractivity contribution < 1.29 is 18.3 Å². The van der Waals surface area contributed by atoms with Crippen LogP contribution in [-0.4, -0.2) is 51.7 Å². The van der Waals surface area contributed by atoms with Crippen LogP contribution < -0.4 is 15.0 Å². The third-order valence-electron chi connectivity index (χ3n) is 5.68. The predicted molar refractivity (Wildman–Crippen MR) is 104 cm³/mol. The highest BCUT2D eigenvalue weighted by molar-refractivity contribution is 5.92. The number of hydrogen-bond donors (Lipinski definition) is 2. The van der Waals surface area contributed by atoms with Gasteiger partial charge in [-0.1, -0.05) is 0 Å². The van der Waals surface area contributed by atoms with Gasteiger partial charge < -0.3 is 15.0 Å². The zero-order chi connectivity index (χ0) is 20.9. The lowest BCUT2D eigenvalue weighted by Gasteiger charge is -2.39. The van der Waals surface area contributed by atoms with E-state index in [1.165, 1.54) is 11.1 Å². The predicted octanol–water partition coefficient (Wildman–Crippen LogP) is 2.63. The van der Waals surface area contributed by atoms with Gasteiger partial charge in [0.25, 0.3) is 17.7 Å². The van der Waals surface area contributed by atoms with E-state index in [4.69, 9.17) is 4.74 Å². The zero-order valence-corrected chi connectivity index (χ0v) is 16.7. The molecule has 3 aliphatic rings. The maximum Gasteiger partial charge on any atom is 0.282 e. The van der Waals surface area contributed by atoms with Gasteiger partial charge in [0.1, 0.15) is 0 Å². The van der Waals surface area contributed by atoms with Crippen LogP contribution in [0.25, 0.3) is 0 Å². The summed E-state index contributed by atoms with van der Waals surface area (Å²) in [4.78, 5) is 22.9. The summed E-state index contributed by atoms with van der Waals surface area (Å²) in [6.45, 7) is 1.52. The van der Waals surface area contributed by atoms with Crippen molar-refractivity contribution in [3.63, 3.8) is 0 Å². The highest BCUT2D eigenvalue weighted by atomic mass is 19.3. The van der Waals surface area contributed by atoms with Crippen molar-refractivity contribution in [1.29, 1.82) is 0 Å². The molecule has 1 unspecified atom stereocenters. The number of aryl methyl sites for hydroxylation is 1. The molecule has 1 amide bonds. The molecule has 1 saturated heterocycles. The van der Waals surface area contributed by atoms with E-state index in [0.29, 0.717) is 18.4 Å². The summed E-state index contributed by atoms with van der Waals surface area (Å²) in [5, 5.41) is 10.2. The Hall–Kier alpha value is -2.78. The highest BCUT2D eigenvalue weighted by Gasteiger charge is 2.46. The number of alkyl halides is 2. The summed E-state index contributed by atoms with van der Waals surface area (Å²) in [5.74, 6) is -1.90. The third kappa shape index (κ3) is 4.08. The number of aromatic amines is 1. The molecule has 2 aromatic rings. The molecule has 0 radical (unpaired) electrons. The van der Waals surface area contributed by atoms with Gasteiger partial charge in [0.2, 0.25) is 0 Å². The molecule has 2 aliphatic carbocycles. The van der Waals surface area contributed by atoms with E-state index in [2.05, 4.69) is 25.5 Å². The number of nitrogens with one attached hydrogen (secondary N) is 2. The summed E-state index contributed by atoms with van der Waals surface area (Å²) >= 11 is 0. The number of hydrogen-bond acceptors (Lipinski definition) is 6. The number of halogens is 2. The van der Waals surface area contributed by atoms with Gasteiger partial charge in [-0.05, 0) is 50.5 Å². The first-order chi connectivity index (χ1) is 14.4. The standard InChI is InChI=1S/C20H24F2N6O2/c1-11-6-14(27-26-11)16(13-4-5-13)25-18(29)15-7-23-17(28-9-20(21,22)10-28)19(24-15)30-8-12-2-3-12/h6-7,12-13,16H,2-5,8-10H2,1H3,(H,25,29)(H,26,27). The van der Waals surface area contributed by atoms with E-state index in [1.807, 2.05) is 13.0 Å². The molecular weight excluding hydrogens is 394 g/mol. The van der Waals surface area contributed by atoms with Crippen molar-refractivity contribution in [3.8, 4) is 5.88 Å². The molecule has 2 saturated carbocycles. The first-order valence-corrected chi connectivity index (χ1v) is 10.3. The van der Waals surface area contributed by atoms with E-state index in [9.17, 15) is 13.6 Å². The van der Waals surface area contributed by atoms with Crippen molar-refractivity contribution in [1.82, 2.24) is 25.5 Å². The monoisotopic (exact) mass is 418 g/mol. The van der Waals surface area contributed by atoms with Crippen LogP contribution in [0.2, 0.25) is 0 Å². The van der Waals surface area contributed by atoms with Crippen LogP contribution in [0.3, 0.4) is 0 Å². The van der Waals surface area contributed by atoms with Crippen LogP contribution in [0.1, 0.15) is 53.6 Å². The fraction of sp³-hybridized carbons (Fsp3) is 0.600. The van der Waals surface area contributed by atoms with Gasteiger partial charge >= 0.3 is 0 Å². The van der Waals surface area contributed by atoms with Gasteiger partial charge in [-0.25, -0.2) is 18.7 Å². The number of amides is 1. The van der Waals surface area contributed by atoms with Crippen molar-refractivity contribution >= 4 is 11.7 Å². The first-order valence-electron chi connectivity index (χ1n) is 10.3. The Morgan fingerprint density at radius 2 is 2.13 bits per heavy atom. The molecule has 3 fully saturated rings. The van der Waals surface area contributed by atoms with Crippen molar-refractivity contribution in [2.24, 2.45) is 11.8 Å². The molecule has 5 rings (SSSR count). The first kappa shape index (κ1) is 19.2. The summed E-state index contributed by atoms with van der Waals surface area (Å²) in [5.41, 5.74) is 1.83. The minimum atomic E-state index is -2.73. The van der Waals surface area contributed by atoms with Gasteiger partial charge in [-0.2, -0.15) is 5.10 Å². The average molecular weight is 418 g/mol. The molecule has 0 bridgehead atoms. The molecule has 3 heterocycles. The highest BCUT2D eigenvalue weighted by Crippen LogP contribution is 2.41. The van der Waals surface area contributed by atoms with Crippen LogP contribution in [0, 0.1) is 18.8 Å². The number of aromatic nitrogens is 4. The lowest BCUT2D eigenvalue weighted by molar-refractivity contribution is -0.0270. The molecule has 1 atom stereocenters. The normalized spacial score (nSPS) is 21.1. The van der Waals surface area contributed by atoms with Crippen LogP contribution in [0.15, 0.2) is 12.3 Å². The fourth-order valence-electron chi connectivity index (χ4n) is 3.61. The van der Waals surface area contributed by atoms with Crippen molar-refractivity contribution in [3.05, 3.63) is 29.3 Å². The van der Waals surface area contributed by atoms with E-state index in [0.717, 1.165) is 37.1 Å². The van der Waals surface area contributed by atoms with Gasteiger partial charge in [-0.15, -0.1) is 0 Å². The van der Waals surface area contributed by atoms with Crippen LogP contribution in [0.4, 0.5) is 14.6 Å². The molecule has 8 nitrogen and oxygen atoms in total. The minimum Gasteiger partial charge on any atom is -0.475 e. The van der Waals surface area contributed by atoms with Gasteiger partial charge in [0, 0.05) is 5.69 Å². The smallest absolute Gasteiger partial charge is 0.282 e. The Labute approximate surface area is 172 Å². The number of carbonyl (C=O) groups excluding carboxylic acids is 1. The molecule has 10 heteroatoms. The summed E-state index contributed by atoms with van der Waals surface area (Å²) in [6, 6.07) is 1.72. The van der Waals surface area contributed by atoms with Crippen molar-refractivity contribution in [2.75, 3.05) is 24.6 Å². The zero-order valence-electron chi connectivity index (χ0n) is 16.7. The summed E-state index contributed by atoms with van der Waals surface area (Å²) in [6.07, 6.45) is 5.54. The second kappa shape index (κ2) is 7.17. The third-order valence-corrected chi connectivity index (χ3v) is 5.68. The van der Waals surface area contributed by atoms with Crippen LogP contribution in [-0.2, 0) is 0 Å². The van der Waals surface area contributed by atoms with E-state index >= 15 is 0 Å². The molecule has 2 aromatic heterocycles. The number of ether oxygens (including phenoxy) is 1. The molecule has 160 valence electrons. The number of nitrogens with zero attached hydrogens (tertiary/aromatic N) is 4. The number of carbonyl (C=O) groups is 1. The Kier molecular flexibility index (Phi) is 4.59. The number of anilines is 1. The Balaban J connectivity index is 1.34. The van der Waals surface area contributed by atoms with Gasteiger partial charge in [0.05, 0.1) is 37.6 Å². The Morgan fingerprint density at radius 3 is 2.73 bits per heavy atom. The number of H-pyrrole nitrogens is 1. The quantitative estimate of drug-likeness (QED) is 0.684. The molecule has 2 N–H and O–H groups in total. The van der Waals surface area contributed by atoms with E-state index < -0.39 is 19.0 Å². The Bertz CT molecular complexity index is 949. The molecule has 1 aliphatic heterocycles. The van der Waals surface area contributed by atoms with Crippen LogP contribution in [0.5, 0.6) is 5.88 Å². The molecule has 30 heavy (non-hydrogen) atoms. The van der Waals surface area contributed by atoms with E-state index in [1.54, 1.807) is 0 Å². The molecular formula is C20H24F2N6O2. The lowest BCUT2D eigenvalue weighted by Crippen LogP contribution is -2.56. The Morgan fingerprint density at radius 1 is 1.37 bits per heavy atom. The molecule has 0 aromatic carbocycles. The second-order valence-corrected chi connectivity index (χ2v) is 8.61. The maximum atomic E-state index is 13.3. The van der Waals surface area contributed by atoms with Gasteiger partial charge in [-0.3, -0.25) is 9.89 Å². The topological polar surface area (TPSA) is 96.0 Å². The fourth-order valence-corrected chi connectivity index (χ4v) is 3.61. The summed E-state index contributed by atoms with van der Waals surface area (Å²) in [7, 11) is 0. The second-order valence-electron chi connectivity index (χ2n) is 8.61. The van der Waals surface area contributed by atoms with E-state index in [-0.39, 0.29) is 29.3 Å². The number of rotatable bonds is 8. The summed E-state index contributed by atoms with van der Waals surface area (Å²) < 4.78 is 32.4. The van der Waals surface area contributed by atoms with Crippen molar-refractivity contribution in [2.45, 2.75) is 44.6 Å². The van der Waals surface area contributed by atoms with Crippen LogP contribution >= 0.6 is 0 Å². The minimum absolute atomic E-state index is 0.106.